The number of amides is 1. The van der Waals surface area contributed by atoms with Crippen LogP contribution in [-0.4, -0.2) is 51.9 Å². The van der Waals surface area contributed by atoms with Crippen LogP contribution in [0.25, 0.3) is 11.3 Å². The average Bonchev–Trinajstić information content (AvgIpc) is 3.19. The molecule has 144 valence electrons. The molecule has 8 heteroatoms. The van der Waals surface area contributed by atoms with Crippen molar-refractivity contribution in [3.63, 3.8) is 0 Å². The Balaban J connectivity index is 1.55. The lowest BCUT2D eigenvalue weighted by Gasteiger charge is -2.44. The molecule has 7 nitrogen and oxygen atoms in total. The number of hydrogen-bond donors (Lipinski definition) is 2. The second kappa shape index (κ2) is 7.10. The zero-order chi connectivity index (χ0) is 19.0. The summed E-state index contributed by atoms with van der Waals surface area (Å²) in [5.41, 5.74) is 0.425. The van der Waals surface area contributed by atoms with Crippen LogP contribution in [0.3, 0.4) is 0 Å². The number of nitrogens with zero attached hydrogens (tertiary/aromatic N) is 1. The van der Waals surface area contributed by atoms with Gasteiger partial charge in [-0.2, -0.15) is 0 Å². The van der Waals surface area contributed by atoms with Gasteiger partial charge in [0.05, 0.1) is 4.90 Å². The second-order valence-corrected chi connectivity index (χ2v) is 8.94. The normalized spacial score (nSPS) is 24.7. The van der Waals surface area contributed by atoms with Gasteiger partial charge in [-0.15, -0.1) is 0 Å². The number of sulfonamides is 1. The van der Waals surface area contributed by atoms with Gasteiger partial charge in [0.2, 0.25) is 10.0 Å². The van der Waals surface area contributed by atoms with Gasteiger partial charge in [-0.3, -0.25) is 4.79 Å². The van der Waals surface area contributed by atoms with E-state index < -0.39 is 10.0 Å². The first-order valence-corrected chi connectivity index (χ1v) is 10.6. The maximum absolute atomic E-state index is 12.6. The third kappa shape index (κ3) is 3.52. The van der Waals surface area contributed by atoms with Crippen LogP contribution in [-0.2, 0) is 10.0 Å². The van der Waals surface area contributed by atoms with Crippen molar-refractivity contribution < 1.29 is 17.6 Å². The minimum atomic E-state index is -3.63. The lowest BCUT2D eigenvalue weighted by molar-refractivity contribution is 0.0606. The van der Waals surface area contributed by atoms with Gasteiger partial charge >= 0.3 is 0 Å². The highest BCUT2D eigenvalue weighted by Crippen LogP contribution is 2.30. The Hall–Kier alpha value is -2.16. The summed E-state index contributed by atoms with van der Waals surface area (Å²) in [6, 6.07) is 9.93. The highest BCUT2D eigenvalue weighted by atomic mass is 32.2. The molecule has 0 radical (unpaired) electrons. The summed E-state index contributed by atoms with van der Waals surface area (Å²) in [4.78, 5) is 15.1. The number of carbonyl (C=O) groups is 1. The lowest BCUT2D eigenvalue weighted by Crippen LogP contribution is -2.57. The third-order valence-electron chi connectivity index (χ3n) is 5.51. The molecule has 0 saturated carbocycles. The minimum absolute atomic E-state index is 0.117. The van der Waals surface area contributed by atoms with Crippen LogP contribution in [0.4, 0.5) is 0 Å². The van der Waals surface area contributed by atoms with Gasteiger partial charge in [-0.1, -0.05) is 12.1 Å². The van der Waals surface area contributed by atoms with Crippen LogP contribution in [0.1, 0.15) is 23.4 Å². The SMILES string of the molecule is CNS(=O)(=O)c1ccccc1-c1ccc(C(=O)N[C@H]2CN3CCC2CC3)o1. The predicted molar refractivity (Wildman–Crippen MR) is 101 cm³/mol. The summed E-state index contributed by atoms with van der Waals surface area (Å²) in [5.74, 6) is 0.811. The Labute approximate surface area is 158 Å². The Morgan fingerprint density at radius 1 is 1.15 bits per heavy atom. The molecular weight excluding hydrogens is 366 g/mol. The molecule has 1 atom stereocenters. The minimum Gasteiger partial charge on any atom is -0.451 e. The maximum Gasteiger partial charge on any atom is 0.287 e. The molecule has 27 heavy (non-hydrogen) atoms. The molecule has 3 aliphatic rings. The predicted octanol–water partition coefficient (Wildman–Crippen LogP) is 1.68. The van der Waals surface area contributed by atoms with E-state index in [0.717, 1.165) is 32.5 Å². The van der Waals surface area contributed by atoms with Crippen LogP contribution >= 0.6 is 0 Å². The van der Waals surface area contributed by atoms with Crippen molar-refractivity contribution >= 4 is 15.9 Å². The van der Waals surface area contributed by atoms with Crippen molar-refractivity contribution in [2.75, 3.05) is 26.7 Å². The van der Waals surface area contributed by atoms with Gasteiger partial charge in [0.15, 0.2) is 5.76 Å². The first-order chi connectivity index (χ1) is 13.0. The van der Waals surface area contributed by atoms with E-state index in [1.807, 2.05) is 0 Å². The largest absolute Gasteiger partial charge is 0.451 e. The van der Waals surface area contributed by atoms with E-state index in [1.54, 1.807) is 30.3 Å². The number of benzene rings is 1. The number of rotatable bonds is 5. The van der Waals surface area contributed by atoms with E-state index in [0.29, 0.717) is 17.2 Å². The molecule has 1 aromatic heterocycles. The standard InChI is InChI=1S/C19H23N3O4S/c1-20-27(24,25)18-5-3-2-4-14(18)16-6-7-17(26-16)19(23)21-15-12-22-10-8-13(15)9-11-22/h2-7,13,15,20H,8-12H2,1H3,(H,21,23)/t15-/m0/s1. The molecule has 5 rings (SSSR count). The van der Waals surface area contributed by atoms with Crippen LogP contribution in [0.2, 0.25) is 0 Å². The van der Waals surface area contributed by atoms with Crippen molar-refractivity contribution in [2.24, 2.45) is 5.92 Å². The summed E-state index contributed by atoms with van der Waals surface area (Å²) in [7, 11) is -2.27. The van der Waals surface area contributed by atoms with Crippen LogP contribution in [0.5, 0.6) is 0 Å². The highest BCUT2D eigenvalue weighted by Gasteiger charge is 2.35. The molecule has 0 spiro atoms. The van der Waals surface area contributed by atoms with Gasteiger partial charge in [0.1, 0.15) is 5.76 Å². The summed E-state index contributed by atoms with van der Waals surface area (Å²) >= 11 is 0. The van der Waals surface area contributed by atoms with Crippen LogP contribution in [0.15, 0.2) is 45.7 Å². The quantitative estimate of drug-likeness (QED) is 0.812. The van der Waals surface area contributed by atoms with Gasteiger partial charge in [-0.05, 0) is 63.2 Å². The van der Waals surface area contributed by atoms with E-state index in [4.69, 9.17) is 4.42 Å². The number of carbonyl (C=O) groups excluding carboxylic acids is 1. The smallest absolute Gasteiger partial charge is 0.287 e. The Kier molecular flexibility index (Phi) is 4.79. The van der Waals surface area contributed by atoms with Crippen molar-refractivity contribution in [3.05, 3.63) is 42.2 Å². The number of fused-ring (bicyclic) bond motifs is 3. The van der Waals surface area contributed by atoms with Gasteiger partial charge in [0.25, 0.3) is 5.91 Å². The first-order valence-electron chi connectivity index (χ1n) is 9.14. The molecule has 0 unspecified atom stereocenters. The summed E-state index contributed by atoms with van der Waals surface area (Å²) in [6.07, 6.45) is 2.23. The van der Waals surface area contributed by atoms with E-state index >= 15 is 0 Å². The number of piperidine rings is 3. The fourth-order valence-corrected chi connectivity index (χ4v) is 4.92. The first kappa shape index (κ1) is 18.2. The summed E-state index contributed by atoms with van der Waals surface area (Å²) in [5, 5.41) is 3.08. The highest BCUT2D eigenvalue weighted by molar-refractivity contribution is 7.89. The molecule has 2 aromatic rings. The maximum atomic E-state index is 12.6. The Morgan fingerprint density at radius 2 is 1.89 bits per heavy atom. The third-order valence-corrected chi connectivity index (χ3v) is 6.99. The van der Waals surface area contributed by atoms with Gasteiger partial charge in [-0.25, -0.2) is 13.1 Å². The summed E-state index contributed by atoms with van der Waals surface area (Å²) < 4.78 is 32.5. The molecular formula is C19H23N3O4S. The monoisotopic (exact) mass is 389 g/mol. The molecule has 2 N–H and O–H groups in total. The lowest BCUT2D eigenvalue weighted by atomic mass is 9.84. The Bertz CT molecular complexity index is 945. The molecule has 3 saturated heterocycles. The number of hydrogen-bond acceptors (Lipinski definition) is 5. The fourth-order valence-electron chi connectivity index (χ4n) is 3.99. The van der Waals surface area contributed by atoms with E-state index in [2.05, 4.69) is 14.9 Å². The Morgan fingerprint density at radius 3 is 2.56 bits per heavy atom. The van der Waals surface area contributed by atoms with E-state index in [1.165, 1.54) is 13.1 Å². The van der Waals surface area contributed by atoms with Crippen molar-refractivity contribution in [1.29, 1.82) is 0 Å². The fraction of sp³-hybridized carbons (Fsp3) is 0.421. The van der Waals surface area contributed by atoms with E-state index in [-0.39, 0.29) is 22.6 Å². The molecule has 3 fully saturated rings. The van der Waals surface area contributed by atoms with Crippen LogP contribution < -0.4 is 10.0 Å². The second-order valence-electron chi connectivity index (χ2n) is 7.09. The molecule has 0 aliphatic carbocycles. The zero-order valence-electron chi connectivity index (χ0n) is 15.1. The van der Waals surface area contributed by atoms with Crippen molar-refractivity contribution in [2.45, 2.75) is 23.8 Å². The zero-order valence-corrected chi connectivity index (χ0v) is 16.0. The van der Waals surface area contributed by atoms with E-state index in [9.17, 15) is 13.2 Å². The van der Waals surface area contributed by atoms with Crippen molar-refractivity contribution in [1.82, 2.24) is 14.9 Å². The van der Waals surface area contributed by atoms with Crippen LogP contribution in [0, 0.1) is 5.92 Å². The topological polar surface area (TPSA) is 91.6 Å². The number of furan rings is 1. The molecule has 1 amide bonds. The summed E-state index contributed by atoms with van der Waals surface area (Å²) in [6.45, 7) is 3.10. The molecule has 4 heterocycles. The van der Waals surface area contributed by atoms with Gasteiger partial charge < -0.3 is 14.6 Å². The molecule has 2 bridgehead atoms. The molecule has 1 aromatic carbocycles. The molecule has 3 aliphatic heterocycles. The van der Waals surface area contributed by atoms with Gasteiger partial charge in [0, 0.05) is 18.2 Å². The average molecular weight is 389 g/mol. The van der Waals surface area contributed by atoms with Crippen molar-refractivity contribution in [3.8, 4) is 11.3 Å². The number of nitrogens with one attached hydrogen (secondary N) is 2.